The van der Waals surface area contributed by atoms with Crippen molar-refractivity contribution < 1.29 is 4.79 Å². The molecule has 0 aliphatic heterocycles. The van der Waals surface area contributed by atoms with Crippen molar-refractivity contribution in [3.63, 3.8) is 0 Å². The second-order valence-electron chi connectivity index (χ2n) is 5.41. The standard InChI is InChI=1S/C12H19N5O/c13-3-4-17-7-11(15-16-17)12(18)14-10-6-8-1-2-9(10)5-8/h7-10H,1-6,13H2,(H,14,18). The van der Waals surface area contributed by atoms with E-state index in [2.05, 4.69) is 15.6 Å². The van der Waals surface area contributed by atoms with Gasteiger partial charge in [0.25, 0.3) is 5.91 Å². The van der Waals surface area contributed by atoms with E-state index in [9.17, 15) is 4.79 Å². The van der Waals surface area contributed by atoms with E-state index >= 15 is 0 Å². The Bertz CT molecular complexity index is 443. The summed E-state index contributed by atoms with van der Waals surface area (Å²) < 4.78 is 1.61. The number of nitrogens with one attached hydrogen (secondary N) is 1. The predicted octanol–water partition coefficient (Wildman–Crippen LogP) is 0.155. The lowest BCUT2D eigenvalue weighted by Crippen LogP contribution is -2.38. The number of hydrogen-bond acceptors (Lipinski definition) is 4. The summed E-state index contributed by atoms with van der Waals surface area (Å²) in [5, 5.41) is 10.9. The third kappa shape index (κ3) is 2.12. The van der Waals surface area contributed by atoms with Gasteiger partial charge in [0.05, 0.1) is 12.7 Å². The van der Waals surface area contributed by atoms with Gasteiger partial charge in [-0.15, -0.1) is 5.10 Å². The Balaban J connectivity index is 1.60. The van der Waals surface area contributed by atoms with Crippen LogP contribution in [-0.4, -0.2) is 33.5 Å². The van der Waals surface area contributed by atoms with Crippen molar-refractivity contribution in [1.82, 2.24) is 20.3 Å². The van der Waals surface area contributed by atoms with Crippen molar-refractivity contribution >= 4 is 5.91 Å². The van der Waals surface area contributed by atoms with Gasteiger partial charge >= 0.3 is 0 Å². The summed E-state index contributed by atoms with van der Waals surface area (Å²) in [6.45, 7) is 1.09. The lowest BCUT2D eigenvalue weighted by molar-refractivity contribution is 0.0917. The summed E-state index contributed by atoms with van der Waals surface area (Å²) in [5.74, 6) is 1.40. The molecule has 3 rings (SSSR count). The Morgan fingerprint density at radius 3 is 3.06 bits per heavy atom. The predicted molar refractivity (Wildman–Crippen MR) is 65.8 cm³/mol. The van der Waals surface area contributed by atoms with Crippen molar-refractivity contribution in [3.8, 4) is 0 Å². The normalized spacial score (nSPS) is 29.7. The van der Waals surface area contributed by atoms with Crippen LogP contribution in [-0.2, 0) is 6.54 Å². The minimum absolute atomic E-state index is 0.101. The molecular formula is C12H19N5O. The molecule has 2 fully saturated rings. The van der Waals surface area contributed by atoms with Gasteiger partial charge in [0.1, 0.15) is 0 Å². The summed E-state index contributed by atoms with van der Waals surface area (Å²) in [4.78, 5) is 12.0. The number of aromatic nitrogens is 3. The van der Waals surface area contributed by atoms with Gasteiger partial charge < -0.3 is 11.1 Å². The molecule has 0 saturated heterocycles. The van der Waals surface area contributed by atoms with Gasteiger partial charge in [0.15, 0.2) is 5.69 Å². The van der Waals surface area contributed by atoms with Crippen LogP contribution in [0.4, 0.5) is 0 Å². The first-order chi connectivity index (χ1) is 8.76. The summed E-state index contributed by atoms with van der Waals surface area (Å²) in [6, 6.07) is 0.343. The average Bonchev–Trinajstić information content (AvgIpc) is 3.04. The number of fused-ring (bicyclic) bond motifs is 2. The van der Waals surface area contributed by atoms with E-state index in [0.29, 0.717) is 30.7 Å². The molecule has 6 nitrogen and oxygen atoms in total. The highest BCUT2D eigenvalue weighted by atomic mass is 16.2. The van der Waals surface area contributed by atoms with E-state index in [-0.39, 0.29) is 5.91 Å². The smallest absolute Gasteiger partial charge is 0.273 e. The summed E-state index contributed by atoms with van der Waals surface area (Å²) >= 11 is 0. The number of rotatable bonds is 4. The van der Waals surface area contributed by atoms with Gasteiger partial charge in [-0.3, -0.25) is 9.48 Å². The lowest BCUT2D eigenvalue weighted by atomic mass is 9.95. The monoisotopic (exact) mass is 249 g/mol. The number of nitrogens with zero attached hydrogens (tertiary/aromatic N) is 3. The molecule has 2 aliphatic carbocycles. The highest BCUT2D eigenvalue weighted by molar-refractivity contribution is 5.92. The Hall–Kier alpha value is -1.43. The fourth-order valence-electron chi connectivity index (χ4n) is 3.31. The van der Waals surface area contributed by atoms with Gasteiger partial charge in [-0.2, -0.15) is 0 Å². The molecule has 1 aromatic rings. The van der Waals surface area contributed by atoms with Gasteiger partial charge in [-0.05, 0) is 31.1 Å². The fraction of sp³-hybridized carbons (Fsp3) is 0.750. The molecule has 0 radical (unpaired) electrons. The summed E-state index contributed by atoms with van der Waals surface area (Å²) in [6.07, 6.45) is 6.67. The summed E-state index contributed by atoms with van der Waals surface area (Å²) in [5.41, 5.74) is 5.82. The maximum atomic E-state index is 12.0. The molecule has 3 atom stereocenters. The largest absolute Gasteiger partial charge is 0.348 e. The van der Waals surface area contributed by atoms with E-state index in [4.69, 9.17) is 5.73 Å². The highest BCUT2D eigenvalue weighted by Crippen LogP contribution is 2.44. The topological polar surface area (TPSA) is 85.8 Å². The first-order valence-electron chi connectivity index (χ1n) is 6.67. The molecule has 0 spiro atoms. The van der Waals surface area contributed by atoms with Gasteiger partial charge in [0.2, 0.25) is 0 Å². The van der Waals surface area contributed by atoms with Crippen LogP contribution in [0.5, 0.6) is 0 Å². The Kier molecular flexibility index (Phi) is 3.03. The number of amides is 1. The molecule has 2 aliphatic rings. The average molecular weight is 249 g/mol. The maximum Gasteiger partial charge on any atom is 0.273 e. The van der Waals surface area contributed by atoms with E-state index in [0.717, 1.165) is 12.3 Å². The zero-order chi connectivity index (χ0) is 12.5. The molecular weight excluding hydrogens is 230 g/mol. The van der Waals surface area contributed by atoms with Crippen LogP contribution in [0.15, 0.2) is 6.20 Å². The Labute approximate surface area is 106 Å². The molecule has 2 bridgehead atoms. The minimum Gasteiger partial charge on any atom is -0.348 e. The SMILES string of the molecule is NCCn1cc(C(=O)NC2CC3CCC2C3)nn1. The molecule has 18 heavy (non-hydrogen) atoms. The van der Waals surface area contributed by atoms with Crippen LogP contribution >= 0.6 is 0 Å². The van der Waals surface area contributed by atoms with Gasteiger partial charge in [0, 0.05) is 12.6 Å². The van der Waals surface area contributed by atoms with Crippen molar-refractivity contribution in [2.45, 2.75) is 38.3 Å². The van der Waals surface area contributed by atoms with E-state index in [1.807, 2.05) is 0 Å². The number of carbonyl (C=O) groups excluding carboxylic acids is 1. The maximum absolute atomic E-state index is 12.0. The second-order valence-corrected chi connectivity index (χ2v) is 5.41. The third-order valence-corrected chi connectivity index (χ3v) is 4.18. The van der Waals surface area contributed by atoms with E-state index < -0.39 is 0 Å². The number of carbonyl (C=O) groups is 1. The Morgan fingerprint density at radius 2 is 2.39 bits per heavy atom. The minimum atomic E-state index is -0.101. The zero-order valence-electron chi connectivity index (χ0n) is 10.4. The van der Waals surface area contributed by atoms with Crippen molar-refractivity contribution in [2.24, 2.45) is 17.6 Å². The molecule has 2 saturated carbocycles. The molecule has 98 valence electrons. The van der Waals surface area contributed by atoms with E-state index in [1.165, 1.54) is 19.3 Å². The molecule has 1 heterocycles. The van der Waals surface area contributed by atoms with E-state index in [1.54, 1.807) is 10.9 Å². The second kappa shape index (κ2) is 4.68. The van der Waals surface area contributed by atoms with Crippen LogP contribution in [0.25, 0.3) is 0 Å². The Morgan fingerprint density at radius 1 is 1.50 bits per heavy atom. The first kappa shape index (κ1) is 11.6. The number of nitrogens with two attached hydrogens (primary N) is 1. The fourth-order valence-corrected chi connectivity index (χ4v) is 3.31. The quantitative estimate of drug-likeness (QED) is 0.795. The molecule has 1 aromatic heterocycles. The van der Waals surface area contributed by atoms with Gasteiger partial charge in [-0.25, -0.2) is 0 Å². The molecule has 6 heteroatoms. The van der Waals surface area contributed by atoms with Crippen LogP contribution in [0.1, 0.15) is 36.2 Å². The van der Waals surface area contributed by atoms with Gasteiger partial charge in [-0.1, -0.05) is 11.6 Å². The molecule has 3 N–H and O–H groups in total. The van der Waals surface area contributed by atoms with Crippen LogP contribution in [0.2, 0.25) is 0 Å². The van der Waals surface area contributed by atoms with Crippen molar-refractivity contribution in [1.29, 1.82) is 0 Å². The van der Waals surface area contributed by atoms with Crippen LogP contribution in [0, 0.1) is 11.8 Å². The van der Waals surface area contributed by atoms with Crippen molar-refractivity contribution in [2.75, 3.05) is 6.54 Å². The lowest BCUT2D eigenvalue weighted by Gasteiger charge is -2.22. The number of hydrogen-bond donors (Lipinski definition) is 2. The molecule has 3 unspecified atom stereocenters. The van der Waals surface area contributed by atoms with Crippen LogP contribution in [0.3, 0.4) is 0 Å². The third-order valence-electron chi connectivity index (χ3n) is 4.18. The highest BCUT2D eigenvalue weighted by Gasteiger charge is 2.40. The molecule has 0 aromatic carbocycles. The molecule has 1 amide bonds. The zero-order valence-corrected chi connectivity index (χ0v) is 10.4. The first-order valence-corrected chi connectivity index (χ1v) is 6.67. The van der Waals surface area contributed by atoms with Crippen LogP contribution < -0.4 is 11.1 Å². The summed E-state index contributed by atoms with van der Waals surface area (Å²) in [7, 11) is 0. The van der Waals surface area contributed by atoms with Crippen molar-refractivity contribution in [3.05, 3.63) is 11.9 Å².